The maximum Gasteiger partial charge on any atom is 0.334 e. The molecule has 0 aromatic heterocycles. The maximum atomic E-state index is 11.3. The number of carboxylic acids is 1. The largest absolute Gasteiger partial charge is 0.479 e. The van der Waals surface area contributed by atoms with Crippen LogP contribution in [-0.2, 0) is 14.3 Å². The van der Waals surface area contributed by atoms with Crippen LogP contribution in [0.2, 0.25) is 0 Å². The normalized spacial score (nSPS) is 28.3. The average molecular weight is 256 g/mol. The molecule has 0 radical (unpaired) electrons. The van der Waals surface area contributed by atoms with Crippen LogP contribution >= 0.6 is 0 Å². The van der Waals surface area contributed by atoms with Gasteiger partial charge in [0, 0.05) is 33.1 Å². The van der Waals surface area contributed by atoms with Crippen molar-refractivity contribution in [2.45, 2.75) is 31.5 Å². The molecule has 0 aliphatic carbocycles. The zero-order chi connectivity index (χ0) is 13.3. The molecule has 1 atom stereocenters. The summed E-state index contributed by atoms with van der Waals surface area (Å²) < 4.78 is 5.80. The van der Waals surface area contributed by atoms with E-state index >= 15 is 0 Å². The Balaban J connectivity index is 2.03. The lowest BCUT2D eigenvalue weighted by Crippen LogP contribution is -2.60. The van der Waals surface area contributed by atoms with Gasteiger partial charge in [-0.3, -0.25) is 4.79 Å². The van der Waals surface area contributed by atoms with E-state index in [1.165, 1.54) is 0 Å². The number of hydrogen-bond acceptors (Lipinski definition) is 4. The zero-order valence-electron chi connectivity index (χ0n) is 10.9. The second-order valence-corrected chi connectivity index (χ2v) is 5.33. The Hall–Kier alpha value is -1.14. The molecular weight excluding hydrogens is 236 g/mol. The SMILES string of the molecule is CC(=O)N1CCC2(CC1)CN(C)CC(C(=O)O)O2. The molecule has 6 heteroatoms. The van der Waals surface area contributed by atoms with Crippen LogP contribution in [0.1, 0.15) is 19.8 Å². The van der Waals surface area contributed by atoms with Crippen molar-refractivity contribution in [1.82, 2.24) is 9.80 Å². The Morgan fingerprint density at radius 1 is 1.33 bits per heavy atom. The van der Waals surface area contributed by atoms with Crippen LogP contribution in [0.5, 0.6) is 0 Å². The molecule has 1 amide bonds. The molecule has 6 nitrogen and oxygen atoms in total. The first kappa shape index (κ1) is 13.3. The molecule has 1 N–H and O–H groups in total. The van der Waals surface area contributed by atoms with Crippen molar-refractivity contribution in [2.75, 3.05) is 33.2 Å². The quantitative estimate of drug-likeness (QED) is 0.702. The van der Waals surface area contributed by atoms with Gasteiger partial charge in [-0.15, -0.1) is 0 Å². The van der Waals surface area contributed by atoms with Gasteiger partial charge in [0.05, 0.1) is 5.60 Å². The Labute approximate surface area is 106 Å². The number of carboxylic acid groups (broad SMARTS) is 1. The zero-order valence-corrected chi connectivity index (χ0v) is 10.9. The fourth-order valence-corrected chi connectivity index (χ4v) is 2.85. The third kappa shape index (κ3) is 2.64. The molecule has 0 aromatic carbocycles. The second kappa shape index (κ2) is 4.85. The number of rotatable bonds is 1. The van der Waals surface area contributed by atoms with Crippen molar-refractivity contribution in [3.05, 3.63) is 0 Å². The first-order valence-electron chi connectivity index (χ1n) is 6.26. The Morgan fingerprint density at radius 2 is 1.94 bits per heavy atom. The van der Waals surface area contributed by atoms with Crippen LogP contribution in [0.4, 0.5) is 0 Å². The van der Waals surface area contributed by atoms with Crippen LogP contribution in [0.25, 0.3) is 0 Å². The van der Waals surface area contributed by atoms with Crippen molar-refractivity contribution in [3.8, 4) is 0 Å². The number of morpholine rings is 1. The van der Waals surface area contributed by atoms with E-state index in [1.54, 1.807) is 11.8 Å². The molecule has 2 aliphatic rings. The van der Waals surface area contributed by atoms with Crippen molar-refractivity contribution in [1.29, 1.82) is 0 Å². The summed E-state index contributed by atoms with van der Waals surface area (Å²) in [4.78, 5) is 26.2. The topological polar surface area (TPSA) is 70.1 Å². The van der Waals surface area contributed by atoms with Gasteiger partial charge in [-0.05, 0) is 19.9 Å². The van der Waals surface area contributed by atoms with Crippen molar-refractivity contribution >= 4 is 11.9 Å². The van der Waals surface area contributed by atoms with Gasteiger partial charge in [0.15, 0.2) is 6.10 Å². The highest BCUT2D eigenvalue weighted by Crippen LogP contribution is 2.31. The number of likely N-dealkylation sites (N-methyl/N-ethyl adjacent to an activating group) is 1. The molecule has 0 saturated carbocycles. The van der Waals surface area contributed by atoms with Crippen LogP contribution in [-0.4, -0.2) is 71.7 Å². The van der Waals surface area contributed by atoms with E-state index in [2.05, 4.69) is 0 Å². The molecular formula is C12H20N2O4. The highest BCUT2D eigenvalue weighted by atomic mass is 16.5. The van der Waals surface area contributed by atoms with E-state index in [9.17, 15) is 9.59 Å². The first-order chi connectivity index (χ1) is 8.42. The van der Waals surface area contributed by atoms with Gasteiger partial charge in [0.2, 0.25) is 5.91 Å². The fraction of sp³-hybridized carbons (Fsp3) is 0.833. The molecule has 2 fully saturated rings. The lowest BCUT2D eigenvalue weighted by atomic mass is 9.88. The van der Waals surface area contributed by atoms with Gasteiger partial charge in [0.25, 0.3) is 0 Å². The van der Waals surface area contributed by atoms with Gasteiger partial charge in [-0.25, -0.2) is 4.79 Å². The summed E-state index contributed by atoms with van der Waals surface area (Å²) in [6.45, 7) is 4.02. The smallest absolute Gasteiger partial charge is 0.334 e. The maximum absolute atomic E-state index is 11.3. The summed E-state index contributed by atoms with van der Waals surface area (Å²) in [6, 6.07) is 0. The molecule has 1 spiro atoms. The number of nitrogens with zero attached hydrogens (tertiary/aromatic N) is 2. The van der Waals surface area contributed by atoms with Gasteiger partial charge >= 0.3 is 5.97 Å². The van der Waals surface area contributed by atoms with E-state index in [0.717, 1.165) is 6.54 Å². The van der Waals surface area contributed by atoms with Crippen molar-refractivity contribution < 1.29 is 19.4 Å². The number of carbonyl (C=O) groups is 2. The Kier molecular flexibility index (Phi) is 3.59. The third-order valence-electron chi connectivity index (χ3n) is 3.82. The van der Waals surface area contributed by atoms with Crippen LogP contribution in [0.15, 0.2) is 0 Å². The predicted molar refractivity (Wildman–Crippen MR) is 64.2 cm³/mol. The minimum Gasteiger partial charge on any atom is -0.479 e. The number of carbonyl (C=O) groups excluding carboxylic acids is 1. The summed E-state index contributed by atoms with van der Waals surface area (Å²) in [5.74, 6) is -0.835. The van der Waals surface area contributed by atoms with E-state index in [4.69, 9.17) is 9.84 Å². The summed E-state index contributed by atoms with van der Waals surface area (Å²) in [5.41, 5.74) is -0.401. The van der Waals surface area contributed by atoms with Crippen LogP contribution < -0.4 is 0 Å². The molecule has 2 rings (SSSR count). The van der Waals surface area contributed by atoms with Gasteiger partial charge < -0.3 is 19.6 Å². The minimum absolute atomic E-state index is 0.0730. The molecule has 0 aromatic rings. The second-order valence-electron chi connectivity index (χ2n) is 5.33. The number of hydrogen-bond donors (Lipinski definition) is 1. The highest BCUT2D eigenvalue weighted by Gasteiger charge is 2.44. The number of aliphatic carboxylic acids is 1. The lowest BCUT2D eigenvalue weighted by Gasteiger charge is -2.48. The minimum atomic E-state index is -0.907. The molecule has 18 heavy (non-hydrogen) atoms. The predicted octanol–water partition coefficient (Wildman–Crippen LogP) is -0.217. The van der Waals surface area contributed by atoms with Gasteiger partial charge in [0.1, 0.15) is 0 Å². The number of amides is 1. The van der Waals surface area contributed by atoms with Crippen molar-refractivity contribution in [3.63, 3.8) is 0 Å². The van der Waals surface area contributed by atoms with Crippen LogP contribution in [0, 0.1) is 0 Å². The van der Waals surface area contributed by atoms with Crippen molar-refractivity contribution in [2.24, 2.45) is 0 Å². The molecule has 2 heterocycles. The number of piperidine rings is 1. The van der Waals surface area contributed by atoms with E-state index in [0.29, 0.717) is 32.5 Å². The lowest BCUT2D eigenvalue weighted by molar-refractivity contribution is -0.194. The first-order valence-corrected chi connectivity index (χ1v) is 6.26. The standard InChI is InChI=1S/C12H20N2O4/c1-9(15)14-5-3-12(4-6-14)8-13(2)7-10(18-12)11(16)17/h10H,3-8H2,1-2H3,(H,16,17). The summed E-state index contributed by atoms with van der Waals surface area (Å²) in [6.07, 6.45) is 0.661. The molecule has 1 unspecified atom stereocenters. The average Bonchev–Trinajstić information content (AvgIpc) is 2.28. The van der Waals surface area contributed by atoms with E-state index in [1.807, 2.05) is 11.9 Å². The molecule has 2 aliphatic heterocycles. The molecule has 0 bridgehead atoms. The molecule has 2 saturated heterocycles. The fourth-order valence-electron chi connectivity index (χ4n) is 2.85. The number of ether oxygens (including phenoxy) is 1. The monoisotopic (exact) mass is 256 g/mol. The van der Waals surface area contributed by atoms with E-state index in [-0.39, 0.29) is 5.91 Å². The Bertz CT molecular complexity index is 350. The van der Waals surface area contributed by atoms with Gasteiger partial charge in [-0.2, -0.15) is 0 Å². The third-order valence-corrected chi connectivity index (χ3v) is 3.82. The van der Waals surface area contributed by atoms with Crippen LogP contribution in [0.3, 0.4) is 0 Å². The number of likely N-dealkylation sites (tertiary alicyclic amines) is 1. The summed E-state index contributed by atoms with van der Waals surface area (Å²) >= 11 is 0. The summed E-state index contributed by atoms with van der Waals surface area (Å²) in [7, 11) is 1.91. The highest BCUT2D eigenvalue weighted by molar-refractivity contribution is 5.73. The van der Waals surface area contributed by atoms with E-state index < -0.39 is 17.7 Å². The molecule has 102 valence electrons. The Morgan fingerprint density at radius 3 is 2.44 bits per heavy atom. The van der Waals surface area contributed by atoms with Gasteiger partial charge in [-0.1, -0.05) is 0 Å². The summed E-state index contributed by atoms with van der Waals surface area (Å²) in [5, 5.41) is 9.09.